The number of rotatable bonds is 4. The molecule has 9 nitrogen and oxygen atoms in total. The Morgan fingerprint density at radius 1 is 1.23 bits per heavy atom. The van der Waals surface area contributed by atoms with E-state index in [1.54, 1.807) is 0 Å². The van der Waals surface area contributed by atoms with Crippen molar-refractivity contribution in [1.82, 2.24) is 34.3 Å². The Labute approximate surface area is 142 Å². The van der Waals surface area contributed by atoms with Crippen molar-refractivity contribution >= 4 is 16.7 Å². The molecule has 26 heavy (non-hydrogen) atoms. The molecule has 134 valence electrons. The third kappa shape index (κ3) is 2.90. The van der Waals surface area contributed by atoms with Gasteiger partial charge in [0.05, 0.1) is 24.2 Å². The predicted octanol–water partition coefficient (Wildman–Crippen LogP) is 1.37. The molecule has 0 atom stereocenters. The molecule has 0 aliphatic heterocycles. The number of H-pyrrole nitrogens is 1. The summed E-state index contributed by atoms with van der Waals surface area (Å²) < 4.78 is 41.6. The van der Waals surface area contributed by atoms with Crippen LogP contribution in [0.2, 0.25) is 0 Å². The van der Waals surface area contributed by atoms with Crippen LogP contribution >= 0.6 is 0 Å². The lowest BCUT2D eigenvalue weighted by molar-refractivity contribution is -0.325. The summed E-state index contributed by atoms with van der Waals surface area (Å²) in [6.45, 7) is -1.16. The van der Waals surface area contributed by atoms with Crippen molar-refractivity contribution in [3.05, 3.63) is 41.1 Å². The van der Waals surface area contributed by atoms with E-state index in [4.69, 9.17) is 0 Å². The van der Waals surface area contributed by atoms with E-state index < -0.39 is 25.2 Å². The number of ether oxygens (including phenoxy) is 1. The largest absolute Gasteiger partial charge is 0.522 e. The fourth-order valence-electron chi connectivity index (χ4n) is 2.46. The highest BCUT2D eigenvalue weighted by atomic mass is 19.4. The summed E-state index contributed by atoms with van der Waals surface area (Å²) in [4.78, 5) is 23.9. The van der Waals surface area contributed by atoms with Gasteiger partial charge in [0.2, 0.25) is 0 Å². The van der Waals surface area contributed by atoms with Gasteiger partial charge in [-0.05, 0) is 12.1 Å². The first-order valence-electron chi connectivity index (χ1n) is 7.39. The van der Waals surface area contributed by atoms with Gasteiger partial charge in [-0.2, -0.15) is 4.68 Å². The fourth-order valence-corrected chi connectivity index (χ4v) is 2.46. The molecule has 0 amide bonds. The van der Waals surface area contributed by atoms with E-state index in [9.17, 15) is 18.0 Å². The fraction of sp³-hybridized carbons (Fsp3) is 0.214. The van der Waals surface area contributed by atoms with Crippen molar-refractivity contribution < 1.29 is 17.9 Å². The second kappa shape index (κ2) is 5.91. The zero-order chi connectivity index (χ0) is 18.3. The number of aromatic amines is 1. The van der Waals surface area contributed by atoms with Crippen LogP contribution < -0.4 is 5.69 Å². The van der Waals surface area contributed by atoms with Crippen LogP contribution in [-0.4, -0.2) is 47.3 Å². The van der Waals surface area contributed by atoms with Crippen molar-refractivity contribution in [1.29, 1.82) is 0 Å². The minimum Gasteiger partial charge on any atom is -0.337 e. The van der Waals surface area contributed by atoms with E-state index in [-0.39, 0.29) is 5.65 Å². The van der Waals surface area contributed by atoms with Crippen LogP contribution in [0.4, 0.5) is 13.2 Å². The van der Waals surface area contributed by atoms with Gasteiger partial charge < -0.3 is 4.98 Å². The van der Waals surface area contributed by atoms with Gasteiger partial charge in [0.15, 0.2) is 17.2 Å². The number of hydrogen-bond acceptors (Lipinski definition) is 6. The van der Waals surface area contributed by atoms with Crippen molar-refractivity contribution in [2.75, 3.05) is 6.61 Å². The molecule has 0 radical (unpaired) electrons. The van der Waals surface area contributed by atoms with Gasteiger partial charge in [-0.25, -0.2) is 19.2 Å². The minimum atomic E-state index is -4.77. The van der Waals surface area contributed by atoms with Gasteiger partial charge in [-0.15, -0.1) is 18.3 Å². The van der Waals surface area contributed by atoms with Crippen LogP contribution in [0.3, 0.4) is 0 Å². The van der Waals surface area contributed by atoms with Gasteiger partial charge in [-0.1, -0.05) is 17.3 Å². The summed E-state index contributed by atoms with van der Waals surface area (Å²) in [5.74, 6) is 0.403. The van der Waals surface area contributed by atoms with E-state index >= 15 is 0 Å². The summed E-state index contributed by atoms with van der Waals surface area (Å²) in [7, 11) is 0. The van der Waals surface area contributed by atoms with E-state index in [0.717, 1.165) is 14.6 Å². The van der Waals surface area contributed by atoms with Gasteiger partial charge in [0.25, 0.3) is 0 Å². The topological polar surface area (TPSA) is 103 Å². The molecule has 1 aromatic carbocycles. The lowest BCUT2D eigenvalue weighted by atomic mass is 10.3. The van der Waals surface area contributed by atoms with E-state index in [1.807, 2.05) is 24.3 Å². The molecule has 0 spiro atoms. The summed E-state index contributed by atoms with van der Waals surface area (Å²) in [5.41, 5.74) is 1.27. The Balaban J connectivity index is 1.69. The van der Waals surface area contributed by atoms with Crippen molar-refractivity contribution in [2.24, 2.45) is 0 Å². The first kappa shape index (κ1) is 16.2. The number of halogens is 3. The Kier molecular flexibility index (Phi) is 3.68. The zero-order valence-corrected chi connectivity index (χ0v) is 12.9. The number of imidazole rings is 2. The average molecular weight is 365 g/mol. The first-order chi connectivity index (χ1) is 12.4. The van der Waals surface area contributed by atoms with Gasteiger partial charge >= 0.3 is 12.1 Å². The molecule has 0 unspecified atom stereocenters. The molecule has 0 bridgehead atoms. The summed E-state index contributed by atoms with van der Waals surface area (Å²) in [6.07, 6.45) is -3.55. The minimum absolute atomic E-state index is 0.141. The predicted molar refractivity (Wildman–Crippen MR) is 82.1 cm³/mol. The summed E-state index contributed by atoms with van der Waals surface area (Å²) in [5, 5.41) is 7.52. The second-order valence-electron chi connectivity index (χ2n) is 5.28. The number of nitrogens with zero attached hydrogens (tertiary/aromatic N) is 6. The third-order valence-corrected chi connectivity index (χ3v) is 3.60. The third-order valence-electron chi connectivity index (χ3n) is 3.60. The zero-order valence-electron chi connectivity index (χ0n) is 12.9. The SMILES string of the molecule is O=c1n(CCOC(F)(F)F)nnc2c(-c3nc4ccccc4[nH]3)ncn12. The van der Waals surface area contributed by atoms with Crippen molar-refractivity contribution in [3.8, 4) is 11.5 Å². The maximum atomic E-state index is 12.3. The molecule has 12 heteroatoms. The number of hydrogen-bond donors (Lipinski definition) is 1. The van der Waals surface area contributed by atoms with Crippen LogP contribution in [0.1, 0.15) is 0 Å². The van der Waals surface area contributed by atoms with E-state index in [1.165, 1.54) is 6.33 Å². The van der Waals surface area contributed by atoms with Crippen LogP contribution in [0.25, 0.3) is 28.2 Å². The highest BCUT2D eigenvalue weighted by Crippen LogP contribution is 2.21. The van der Waals surface area contributed by atoms with Crippen molar-refractivity contribution in [3.63, 3.8) is 0 Å². The molecule has 3 aromatic heterocycles. The van der Waals surface area contributed by atoms with Gasteiger partial charge in [-0.3, -0.25) is 4.74 Å². The Morgan fingerprint density at radius 2 is 2.04 bits per heavy atom. The highest BCUT2D eigenvalue weighted by Gasteiger charge is 2.28. The Hall–Kier alpha value is -3.28. The molecule has 3 heterocycles. The maximum absolute atomic E-state index is 12.3. The molecule has 0 fully saturated rings. The highest BCUT2D eigenvalue weighted by molar-refractivity contribution is 5.81. The van der Waals surface area contributed by atoms with Gasteiger partial charge in [0.1, 0.15) is 6.33 Å². The molecular formula is C14H10F3N7O2. The normalized spacial score (nSPS) is 12.3. The number of nitrogens with one attached hydrogen (secondary N) is 1. The van der Waals surface area contributed by atoms with E-state index in [0.29, 0.717) is 17.0 Å². The summed E-state index contributed by atoms with van der Waals surface area (Å²) >= 11 is 0. The number of aromatic nitrogens is 7. The number of para-hydroxylation sites is 2. The number of fused-ring (bicyclic) bond motifs is 2. The van der Waals surface area contributed by atoms with Crippen molar-refractivity contribution in [2.45, 2.75) is 12.9 Å². The van der Waals surface area contributed by atoms with Crippen LogP contribution in [0.5, 0.6) is 0 Å². The number of alkyl halides is 3. The van der Waals surface area contributed by atoms with Crippen LogP contribution in [0.15, 0.2) is 35.4 Å². The first-order valence-corrected chi connectivity index (χ1v) is 7.39. The molecule has 0 aliphatic carbocycles. The molecule has 1 N–H and O–H groups in total. The van der Waals surface area contributed by atoms with E-state index in [2.05, 4.69) is 30.0 Å². The average Bonchev–Trinajstić information content (AvgIpc) is 3.19. The summed E-state index contributed by atoms with van der Waals surface area (Å²) in [6, 6.07) is 7.33. The second-order valence-corrected chi connectivity index (χ2v) is 5.28. The molecule has 0 aliphatic rings. The lowest BCUT2D eigenvalue weighted by Gasteiger charge is -2.07. The maximum Gasteiger partial charge on any atom is 0.522 e. The number of benzene rings is 1. The standard InChI is InChI=1S/C14H10F3N7O2/c15-14(16,17)26-6-5-24-13(25)23-7-18-10(12(23)21-22-24)11-19-8-3-1-2-4-9(8)20-11/h1-4,7H,5-6H2,(H,19,20). The molecular weight excluding hydrogens is 355 g/mol. The van der Waals surface area contributed by atoms with Gasteiger partial charge in [0, 0.05) is 0 Å². The molecule has 0 saturated carbocycles. The van der Waals surface area contributed by atoms with Crippen LogP contribution in [0, 0.1) is 0 Å². The Bertz CT molecular complexity index is 1110. The Morgan fingerprint density at radius 3 is 2.81 bits per heavy atom. The lowest BCUT2D eigenvalue weighted by Crippen LogP contribution is -2.32. The monoisotopic (exact) mass is 365 g/mol. The molecule has 0 saturated heterocycles. The van der Waals surface area contributed by atoms with Crippen LogP contribution in [-0.2, 0) is 11.3 Å². The quantitative estimate of drug-likeness (QED) is 0.586. The molecule has 4 aromatic rings. The smallest absolute Gasteiger partial charge is 0.337 e. The molecule has 4 rings (SSSR count).